The highest BCUT2D eigenvalue weighted by Crippen LogP contribution is 2.22. The van der Waals surface area contributed by atoms with Crippen molar-refractivity contribution in [2.45, 2.75) is 39.2 Å². The summed E-state index contributed by atoms with van der Waals surface area (Å²) in [5.74, 6) is -0.453. The van der Waals surface area contributed by atoms with E-state index in [4.69, 9.17) is 5.11 Å². The molecule has 4 nitrogen and oxygen atoms in total. The standard InChI is InChI=1S/C16H21NO3/c1-11-4-3-5-12(2)17(10-11)15(18)13-6-8-14(9-7-13)16(19)20/h6-9,11-12H,3-5,10H2,1-2H3,(H,19,20). The first-order chi connectivity index (χ1) is 9.49. The molecule has 1 aliphatic rings. The Kier molecular flexibility index (Phi) is 4.42. The number of aromatic carboxylic acids is 1. The van der Waals surface area contributed by atoms with Gasteiger partial charge in [0.15, 0.2) is 0 Å². The van der Waals surface area contributed by atoms with Gasteiger partial charge in [0.2, 0.25) is 0 Å². The highest BCUT2D eigenvalue weighted by molar-refractivity contribution is 5.96. The van der Waals surface area contributed by atoms with Crippen molar-refractivity contribution >= 4 is 11.9 Å². The van der Waals surface area contributed by atoms with E-state index in [1.54, 1.807) is 12.1 Å². The van der Waals surface area contributed by atoms with Crippen molar-refractivity contribution in [1.82, 2.24) is 4.90 Å². The fourth-order valence-electron chi connectivity index (χ4n) is 2.73. The second-order valence-electron chi connectivity index (χ2n) is 5.73. The smallest absolute Gasteiger partial charge is 0.335 e. The van der Waals surface area contributed by atoms with Crippen molar-refractivity contribution in [3.05, 3.63) is 35.4 Å². The zero-order valence-electron chi connectivity index (χ0n) is 12.0. The summed E-state index contributed by atoms with van der Waals surface area (Å²) in [6.45, 7) is 5.04. The van der Waals surface area contributed by atoms with Crippen LogP contribution in [0, 0.1) is 5.92 Å². The van der Waals surface area contributed by atoms with Gasteiger partial charge < -0.3 is 10.0 Å². The van der Waals surface area contributed by atoms with Gasteiger partial charge in [-0.15, -0.1) is 0 Å². The second-order valence-corrected chi connectivity index (χ2v) is 5.73. The Hall–Kier alpha value is -1.84. The first kappa shape index (κ1) is 14.6. The molecule has 1 N–H and O–H groups in total. The molecule has 4 heteroatoms. The lowest BCUT2D eigenvalue weighted by atomic mass is 10.1. The highest BCUT2D eigenvalue weighted by atomic mass is 16.4. The Balaban J connectivity index is 2.18. The lowest BCUT2D eigenvalue weighted by Gasteiger charge is -2.28. The summed E-state index contributed by atoms with van der Waals surface area (Å²) >= 11 is 0. The van der Waals surface area contributed by atoms with E-state index in [1.165, 1.54) is 12.1 Å². The highest BCUT2D eigenvalue weighted by Gasteiger charge is 2.25. The second kappa shape index (κ2) is 6.07. The Bertz CT molecular complexity index is 495. The zero-order valence-corrected chi connectivity index (χ0v) is 12.0. The van der Waals surface area contributed by atoms with E-state index in [0.717, 1.165) is 25.8 Å². The van der Waals surface area contributed by atoms with E-state index in [-0.39, 0.29) is 17.5 Å². The Morgan fingerprint density at radius 2 is 1.70 bits per heavy atom. The van der Waals surface area contributed by atoms with Crippen LogP contribution in [0.3, 0.4) is 0 Å². The summed E-state index contributed by atoms with van der Waals surface area (Å²) in [5, 5.41) is 8.88. The molecule has 1 amide bonds. The van der Waals surface area contributed by atoms with E-state index >= 15 is 0 Å². The van der Waals surface area contributed by atoms with E-state index < -0.39 is 5.97 Å². The summed E-state index contributed by atoms with van der Waals surface area (Å²) in [6, 6.07) is 6.43. The molecule has 2 unspecified atom stereocenters. The van der Waals surface area contributed by atoms with Crippen molar-refractivity contribution in [3.63, 3.8) is 0 Å². The monoisotopic (exact) mass is 275 g/mol. The van der Waals surface area contributed by atoms with Crippen LogP contribution in [-0.4, -0.2) is 34.5 Å². The Labute approximate surface area is 119 Å². The maximum atomic E-state index is 12.6. The van der Waals surface area contributed by atoms with Crippen LogP contribution in [0.15, 0.2) is 24.3 Å². The molecule has 1 aromatic carbocycles. The number of hydrogen-bond acceptors (Lipinski definition) is 2. The third-order valence-electron chi connectivity index (χ3n) is 4.00. The van der Waals surface area contributed by atoms with Crippen molar-refractivity contribution in [1.29, 1.82) is 0 Å². The first-order valence-corrected chi connectivity index (χ1v) is 7.13. The molecular formula is C16H21NO3. The molecule has 1 saturated heterocycles. The molecule has 1 aliphatic heterocycles. The van der Waals surface area contributed by atoms with Crippen molar-refractivity contribution < 1.29 is 14.7 Å². The van der Waals surface area contributed by atoms with Crippen molar-refractivity contribution in [3.8, 4) is 0 Å². The lowest BCUT2D eigenvalue weighted by molar-refractivity contribution is 0.0670. The third-order valence-corrected chi connectivity index (χ3v) is 4.00. The molecule has 0 bridgehead atoms. The third kappa shape index (κ3) is 3.18. The van der Waals surface area contributed by atoms with Crippen molar-refractivity contribution in [2.75, 3.05) is 6.54 Å². The summed E-state index contributed by atoms with van der Waals surface area (Å²) in [7, 11) is 0. The predicted octanol–water partition coefficient (Wildman–Crippen LogP) is 3.04. The SMILES string of the molecule is CC1CCCC(C)N(C(=O)c2ccc(C(=O)O)cc2)C1. The van der Waals surface area contributed by atoms with Gasteiger partial charge in [-0.1, -0.05) is 13.3 Å². The lowest BCUT2D eigenvalue weighted by Crippen LogP contribution is -2.39. The van der Waals surface area contributed by atoms with Crippen LogP contribution in [0.1, 0.15) is 53.8 Å². The van der Waals surface area contributed by atoms with Crippen LogP contribution >= 0.6 is 0 Å². The summed E-state index contributed by atoms with van der Waals surface area (Å²) in [5.41, 5.74) is 0.773. The molecule has 2 rings (SSSR count). The largest absolute Gasteiger partial charge is 0.478 e. The van der Waals surface area contributed by atoms with Gasteiger partial charge in [-0.25, -0.2) is 4.79 Å². The van der Waals surface area contributed by atoms with Crippen LogP contribution in [0.5, 0.6) is 0 Å². The van der Waals surface area contributed by atoms with Gasteiger partial charge in [0.1, 0.15) is 0 Å². The molecule has 108 valence electrons. The zero-order chi connectivity index (χ0) is 14.7. The molecule has 0 aliphatic carbocycles. The van der Waals surface area contributed by atoms with Gasteiger partial charge in [0.25, 0.3) is 5.91 Å². The van der Waals surface area contributed by atoms with Crippen LogP contribution in [0.2, 0.25) is 0 Å². The summed E-state index contributed by atoms with van der Waals surface area (Å²) in [4.78, 5) is 25.3. The molecule has 1 aromatic rings. The van der Waals surface area contributed by atoms with Gasteiger partial charge >= 0.3 is 5.97 Å². The summed E-state index contributed by atoms with van der Waals surface area (Å²) in [6.07, 6.45) is 3.35. The minimum absolute atomic E-state index is 0.00295. The van der Waals surface area contributed by atoms with Crippen molar-refractivity contribution in [2.24, 2.45) is 5.92 Å². The van der Waals surface area contributed by atoms with Gasteiger partial charge in [-0.2, -0.15) is 0 Å². The Morgan fingerprint density at radius 3 is 2.30 bits per heavy atom. The summed E-state index contributed by atoms with van der Waals surface area (Å²) < 4.78 is 0. The average Bonchev–Trinajstić information content (AvgIpc) is 2.59. The number of carbonyl (C=O) groups excluding carboxylic acids is 1. The Morgan fingerprint density at radius 1 is 1.10 bits per heavy atom. The number of hydrogen-bond donors (Lipinski definition) is 1. The van der Waals surface area contributed by atoms with Crippen LogP contribution < -0.4 is 0 Å². The van der Waals surface area contributed by atoms with Crippen LogP contribution in [0.25, 0.3) is 0 Å². The molecule has 1 heterocycles. The van der Waals surface area contributed by atoms with E-state index in [9.17, 15) is 9.59 Å². The van der Waals surface area contributed by atoms with Gasteiger partial charge in [0.05, 0.1) is 5.56 Å². The number of rotatable bonds is 2. The molecule has 0 aromatic heterocycles. The van der Waals surface area contributed by atoms with E-state index in [0.29, 0.717) is 11.5 Å². The fourth-order valence-corrected chi connectivity index (χ4v) is 2.73. The fraction of sp³-hybridized carbons (Fsp3) is 0.500. The molecule has 20 heavy (non-hydrogen) atoms. The van der Waals surface area contributed by atoms with E-state index in [1.807, 2.05) is 4.90 Å². The minimum atomic E-state index is -0.972. The number of carboxylic acid groups (broad SMARTS) is 1. The average molecular weight is 275 g/mol. The number of nitrogens with zero attached hydrogens (tertiary/aromatic N) is 1. The van der Waals surface area contributed by atoms with Crippen LogP contribution in [-0.2, 0) is 0 Å². The molecule has 0 radical (unpaired) electrons. The normalized spacial score (nSPS) is 23.2. The topological polar surface area (TPSA) is 57.6 Å². The maximum absolute atomic E-state index is 12.6. The predicted molar refractivity (Wildman–Crippen MR) is 76.9 cm³/mol. The number of carbonyl (C=O) groups is 2. The number of amides is 1. The van der Waals surface area contributed by atoms with Crippen LogP contribution in [0.4, 0.5) is 0 Å². The number of benzene rings is 1. The molecule has 0 spiro atoms. The maximum Gasteiger partial charge on any atom is 0.335 e. The molecule has 0 saturated carbocycles. The number of carboxylic acids is 1. The number of likely N-dealkylation sites (tertiary alicyclic amines) is 1. The molecule has 2 atom stereocenters. The minimum Gasteiger partial charge on any atom is -0.478 e. The van der Waals surface area contributed by atoms with Gasteiger partial charge in [-0.3, -0.25) is 4.79 Å². The van der Waals surface area contributed by atoms with Gasteiger partial charge in [-0.05, 0) is 49.9 Å². The van der Waals surface area contributed by atoms with Gasteiger partial charge in [0, 0.05) is 18.2 Å². The quantitative estimate of drug-likeness (QED) is 0.902. The first-order valence-electron chi connectivity index (χ1n) is 7.13. The molecular weight excluding hydrogens is 254 g/mol. The van der Waals surface area contributed by atoms with E-state index in [2.05, 4.69) is 13.8 Å². The molecule has 1 fully saturated rings.